The van der Waals surface area contributed by atoms with E-state index in [1.54, 1.807) is 11.3 Å². The van der Waals surface area contributed by atoms with Crippen LogP contribution in [0, 0.1) is 6.92 Å². The van der Waals surface area contributed by atoms with Crippen molar-refractivity contribution in [2.45, 2.75) is 13.0 Å². The van der Waals surface area contributed by atoms with Crippen LogP contribution in [-0.2, 0) is 0 Å². The van der Waals surface area contributed by atoms with Gasteiger partial charge in [-0.3, -0.25) is 0 Å². The van der Waals surface area contributed by atoms with Crippen LogP contribution >= 0.6 is 43.2 Å². The Balaban J connectivity index is 2.44. The summed E-state index contributed by atoms with van der Waals surface area (Å²) < 4.78 is 2.26. The number of benzene rings is 1. The number of hydrogen-bond donors (Lipinski definition) is 1. The molecule has 0 aliphatic rings. The molecule has 1 aromatic carbocycles. The quantitative estimate of drug-likeness (QED) is 0.806. The summed E-state index contributed by atoms with van der Waals surface area (Å²) in [7, 11) is 2.00. The average molecular weight is 375 g/mol. The van der Waals surface area contributed by atoms with E-state index in [9.17, 15) is 0 Å². The lowest BCUT2D eigenvalue weighted by molar-refractivity contribution is 0.699. The van der Waals surface area contributed by atoms with Crippen molar-refractivity contribution in [2.24, 2.45) is 0 Å². The van der Waals surface area contributed by atoms with Crippen LogP contribution in [0.3, 0.4) is 0 Å². The normalized spacial score (nSPS) is 12.7. The van der Waals surface area contributed by atoms with Gasteiger partial charge in [0.1, 0.15) is 0 Å². The summed E-state index contributed by atoms with van der Waals surface area (Å²) in [6, 6.07) is 10.9. The van der Waals surface area contributed by atoms with Crippen LogP contribution in [-0.4, -0.2) is 7.05 Å². The highest BCUT2D eigenvalue weighted by Crippen LogP contribution is 2.38. The summed E-state index contributed by atoms with van der Waals surface area (Å²) in [5, 5.41) is 3.38. The van der Waals surface area contributed by atoms with E-state index in [-0.39, 0.29) is 6.04 Å². The lowest BCUT2D eigenvalue weighted by atomic mass is 10.0. The summed E-state index contributed by atoms with van der Waals surface area (Å²) in [6.07, 6.45) is 0. The van der Waals surface area contributed by atoms with Crippen molar-refractivity contribution in [2.75, 3.05) is 7.05 Å². The summed E-state index contributed by atoms with van der Waals surface area (Å²) >= 11 is 8.85. The van der Waals surface area contributed by atoms with Crippen molar-refractivity contribution >= 4 is 43.2 Å². The van der Waals surface area contributed by atoms with Crippen molar-refractivity contribution in [3.05, 3.63) is 54.6 Å². The van der Waals surface area contributed by atoms with Gasteiger partial charge in [-0.05, 0) is 63.0 Å². The number of rotatable bonds is 3. The predicted octanol–water partition coefficient (Wildman–Crippen LogP) is 4.89. The van der Waals surface area contributed by atoms with Crippen LogP contribution in [0.4, 0.5) is 0 Å². The summed E-state index contributed by atoms with van der Waals surface area (Å²) in [5.41, 5.74) is 2.64. The number of thiophene rings is 1. The molecule has 2 aromatic rings. The maximum absolute atomic E-state index is 3.55. The Kier molecular flexibility index (Phi) is 4.42. The lowest BCUT2D eigenvalue weighted by Crippen LogP contribution is -2.17. The fourth-order valence-electron chi connectivity index (χ4n) is 1.87. The first-order chi connectivity index (χ1) is 8.13. The van der Waals surface area contributed by atoms with E-state index in [0.717, 1.165) is 8.26 Å². The van der Waals surface area contributed by atoms with Gasteiger partial charge in [0.05, 0.1) is 9.83 Å². The molecule has 2 rings (SSSR count). The van der Waals surface area contributed by atoms with Crippen molar-refractivity contribution in [3.8, 4) is 0 Å². The molecule has 90 valence electrons. The average Bonchev–Trinajstić information content (AvgIpc) is 2.63. The molecule has 0 saturated carbocycles. The standard InChI is InChI=1S/C13H13Br2NS/c1-8-5-3-4-6-9(8)12(16-2)11-7-10(14)13(15)17-11/h3-7,12,16H,1-2H3. The molecule has 1 aromatic heterocycles. The Labute approximate surface area is 123 Å². The maximum atomic E-state index is 3.55. The smallest absolute Gasteiger partial charge is 0.0843 e. The fourth-order valence-corrected chi connectivity index (χ4v) is 4.09. The number of nitrogens with one attached hydrogen (secondary N) is 1. The minimum absolute atomic E-state index is 0.254. The SMILES string of the molecule is CNC(c1cc(Br)c(Br)s1)c1ccccc1C. The molecule has 0 bridgehead atoms. The molecule has 4 heteroatoms. The molecule has 0 saturated heterocycles. The van der Waals surface area contributed by atoms with Gasteiger partial charge in [-0.25, -0.2) is 0 Å². The van der Waals surface area contributed by atoms with Crippen LogP contribution in [0.25, 0.3) is 0 Å². The van der Waals surface area contributed by atoms with Crippen LogP contribution in [0.2, 0.25) is 0 Å². The molecule has 0 aliphatic carbocycles. The second-order valence-corrected chi connectivity index (χ2v) is 7.10. The van der Waals surface area contributed by atoms with E-state index in [0.29, 0.717) is 0 Å². The Morgan fingerprint density at radius 3 is 2.47 bits per heavy atom. The minimum Gasteiger partial charge on any atom is -0.309 e. The highest BCUT2D eigenvalue weighted by molar-refractivity contribution is 9.13. The molecule has 0 aliphatic heterocycles. The van der Waals surface area contributed by atoms with Crippen molar-refractivity contribution < 1.29 is 0 Å². The number of halogens is 2. The largest absolute Gasteiger partial charge is 0.309 e. The first-order valence-electron chi connectivity index (χ1n) is 5.31. The van der Waals surface area contributed by atoms with E-state index in [4.69, 9.17) is 0 Å². The molecule has 1 heterocycles. The molecule has 0 radical (unpaired) electrons. The van der Waals surface area contributed by atoms with Gasteiger partial charge in [-0.1, -0.05) is 24.3 Å². The maximum Gasteiger partial charge on any atom is 0.0843 e. The van der Waals surface area contributed by atoms with Gasteiger partial charge < -0.3 is 5.32 Å². The van der Waals surface area contributed by atoms with Crippen molar-refractivity contribution in [1.82, 2.24) is 5.32 Å². The molecule has 1 N–H and O–H groups in total. The first kappa shape index (κ1) is 13.3. The molecule has 1 unspecified atom stereocenters. The Morgan fingerprint density at radius 1 is 1.24 bits per heavy atom. The second kappa shape index (κ2) is 5.65. The molecule has 1 nitrogen and oxygen atoms in total. The van der Waals surface area contributed by atoms with E-state index in [1.807, 2.05) is 7.05 Å². The number of aryl methyl sites for hydroxylation is 1. The van der Waals surface area contributed by atoms with Crippen molar-refractivity contribution in [1.29, 1.82) is 0 Å². The third kappa shape index (κ3) is 2.81. The lowest BCUT2D eigenvalue weighted by Gasteiger charge is -2.17. The third-order valence-electron chi connectivity index (χ3n) is 2.74. The van der Waals surface area contributed by atoms with E-state index < -0.39 is 0 Å². The van der Waals surface area contributed by atoms with E-state index in [2.05, 4.69) is 74.4 Å². The van der Waals surface area contributed by atoms with Gasteiger partial charge in [0.2, 0.25) is 0 Å². The highest BCUT2D eigenvalue weighted by atomic mass is 79.9. The van der Waals surface area contributed by atoms with Crippen LogP contribution in [0.5, 0.6) is 0 Å². The zero-order chi connectivity index (χ0) is 12.4. The van der Waals surface area contributed by atoms with Crippen LogP contribution < -0.4 is 5.32 Å². The summed E-state index contributed by atoms with van der Waals surface area (Å²) in [4.78, 5) is 1.31. The van der Waals surface area contributed by atoms with Gasteiger partial charge in [0.15, 0.2) is 0 Å². The van der Waals surface area contributed by atoms with Gasteiger partial charge in [-0.15, -0.1) is 11.3 Å². The fraction of sp³-hybridized carbons (Fsp3) is 0.231. The van der Waals surface area contributed by atoms with E-state index in [1.165, 1.54) is 16.0 Å². The Bertz CT molecular complexity index is 502. The second-order valence-electron chi connectivity index (χ2n) is 3.85. The van der Waals surface area contributed by atoms with Gasteiger partial charge in [-0.2, -0.15) is 0 Å². The summed E-state index contributed by atoms with van der Waals surface area (Å²) in [5.74, 6) is 0. The van der Waals surface area contributed by atoms with Crippen LogP contribution in [0.1, 0.15) is 22.0 Å². The van der Waals surface area contributed by atoms with Gasteiger partial charge in [0.25, 0.3) is 0 Å². The molecule has 0 spiro atoms. The molecule has 17 heavy (non-hydrogen) atoms. The topological polar surface area (TPSA) is 12.0 Å². The molecule has 0 amide bonds. The molecule has 0 fully saturated rings. The monoisotopic (exact) mass is 373 g/mol. The molecular formula is C13H13Br2NS. The Morgan fingerprint density at radius 2 is 1.94 bits per heavy atom. The van der Waals surface area contributed by atoms with E-state index >= 15 is 0 Å². The Hall–Kier alpha value is -0.160. The highest BCUT2D eigenvalue weighted by Gasteiger charge is 2.17. The minimum atomic E-state index is 0.254. The first-order valence-corrected chi connectivity index (χ1v) is 7.71. The van der Waals surface area contributed by atoms with Gasteiger partial charge >= 0.3 is 0 Å². The predicted molar refractivity (Wildman–Crippen MR) is 81.8 cm³/mol. The van der Waals surface area contributed by atoms with Gasteiger partial charge in [0, 0.05) is 9.35 Å². The third-order valence-corrected chi connectivity index (χ3v) is 6.06. The van der Waals surface area contributed by atoms with Crippen LogP contribution in [0.15, 0.2) is 38.6 Å². The van der Waals surface area contributed by atoms with Crippen molar-refractivity contribution in [3.63, 3.8) is 0 Å². The molecular weight excluding hydrogens is 362 g/mol. The number of hydrogen-bond acceptors (Lipinski definition) is 2. The molecule has 1 atom stereocenters. The summed E-state index contributed by atoms with van der Waals surface area (Å²) in [6.45, 7) is 2.15. The zero-order valence-electron chi connectivity index (χ0n) is 9.63. The zero-order valence-corrected chi connectivity index (χ0v) is 13.6.